The lowest BCUT2D eigenvalue weighted by Gasteiger charge is -2.16. The molecule has 4 nitrogen and oxygen atoms in total. The Labute approximate surface area is 135 Å². The Hall–Kier alpha value is -1.69. The predicted molar refractivity (Wildman–Crippen MR) is 88.9 cm³/mol. The van der Waals surface area contributed by atoms with Gasteiger partial charge >= 0.3 is 0 Å². The van der Waals surface area contributed by atoms with E-state index < -0.39 is 0 Å². The van der Waals surface area contributed by atoms with Crippen LogP contribution in [0.25, 0.3) is 0 Å². The molecule has 0 amide bonds. The van der Waals surface area contributed by atoms with Gasteiger partial charge in [0.1, 0.15) is 11.5 Å². The maximum absolute atomic E-state index is 8.93. The van der Waals surface area contributed by atoms with E-state index >= 15 is 0 Å². The number of ether oxygens (including phenoxy) is 2. The highest BCUT2D eigenvalue weighted by atomic mass is 32.2. The van der Waals surface area contributed by atoms with Gasteiger partial charge in [0, 0.05) is 24.1 Å². The molecule has 2 aromatic carbocycles. The molecule has 0 saturated carbocycles. The van der Waals surface area contributed by atoms with Crippen LogP contribution in [0.4, 0.5) is 0 Å². The molecular weight excluding hydrogens is 298 g/mol. The molecule has 5 heteroatoms. The summed E-state index contributed by atoms with van der Waals surface area (Å²) in [5, 5.41) is 12.1. The van der Waals surface area contributed by atoms with E-state index in [-0.39, 0.29) is 6.61 Å². The molecule has 0 radical (unpaired) electrons. The van der Waals surface area contributed by atoms with E-state index in [9.17, 15) is 0 Å². The van der Waals surface area contributed by atoms with Crippen LogP contribution < -0.4 is 14.8 Å². The maximum atomic E-state index is 8.93. The van der Waals surface area contributed by atoms with E-state index in [0.717, 1.165) is 26.9 Å². The Morgan fingerprint density at radius 3 is 2.50 bits per heavy atom. The highest BCUT2D eigenvalue weighted by Crippen LogP contribution is 2.40. The van der Waals surface area contributed by atoms with Gasteiger partial charge < -0.3 is 19.9 Å². The fourth-order valence-corrected chi connectivity index (χ4v) is 3.09. The number of aliphatic hydroxyl groups excluding tert-OH is 1. The molecule has 0 aromatic heterocycles. The van der Waals surface area contributed by atoms with Gasteiger partial charge in [-0.3, -0.25) is 0 Å². The van der Waals surface area contributed by atoms with Gasteiger partial charge in [-0.05, 0) is 23.8 Å². The summed E-state index contributed by atoms with van der Waals surface area (Å²) in [6.45, 7) is 1.31. The fourth-order valence-electron chi connectivity index (χ4n) is 2.06. The van der Waals surface area contributed by atoms with Crippen LogP contribution in [-0.4, -0.2) is 32.5 Å². The van der Waals surface area contributed by atoms with Crippen molar-refractivity contribution < 1.29 is 14.6 Å². The van der Waals surface area contributed by atoms with Gasteiger partial charge in [-0.1, -0.05) is 30.0 Å². The van der Waals surface area contributed by atoms with Crippen molar-refractivity contribution in [1.29, 1.82) is 0 Å². The van der Waals surface area contributed by atoms with Gasteiger partial charge in [0.05, 0.1) is 25.7 Å². The van der Waals surface area contributed by atoms with Crippen LogP contribution in [0.5, 0.6) is 11.5 Å². The van der Waals surface area contributed by atoms with E-state index in [1.54, 1.807) is 26.0 Å². The third kappa shape index (κ3) is 4.40. The lowest BCUT2D eigenvalue weighted by atomic mass is 10.2. The number of hydrogen-bond donors (Lipinski definition) is 2. The third-order valence-electron chi connectivity index (χ3n) is 3.13. The van der Waals surface area contributed by atoms with Crippen LogP contribution in [0.3, 0.4) is 0 Å². The summed E-state index contributed by atoms with van der Waals surface area (Å²) in [4.78, 5) is 2.20. The first-order chi connectivity index (χ1) is 10.8. The van der Waals surface area contributed by atoms with Crippen molar-refractivity contribution in [2.45, 2.75) is 16.3 Å². The van der Waals surface area contributed by atoms with E-state index in [4.69, 9.17) is 14.6 Å². The Bertz CT molecular complexity index is 590. The number of hydrogen-bond acceptors (Lipinski definition) is 5. The quantitative estimate of drug-likeness (QED) is 0.733. The zero-order valence-electron chi connectivity index (χ0n) is 12.8. The zero-order chi connectivity index (χ0) is 15.8. The second-order valence-corrected chi connectivity index (χ2v) is 5.72. The van der Waals surface area contributed by atoms with Crippen LogP contribution in [-0.2, 0) is 6.54 Å². The molecule has 0 aliphatic rings. The first-order valence-corrected chi connectivity index (χ1v) is 7.89. The minimum atomic E-state index is 0.113. The van der Waals surface area contributed by atoms with Gasteiger partial charge in [-0.15, -0.1) is 0 Å². The first-order valence-electron chi connectivity index (χ1n) is 7.08. The van der Waals surface area contributed by atoms with Gasteiger partial charge in [-0.25, -0.2) is 0 Å². The Balaban J connectivity index is 2.34. The third-order valence-corrected chi connectivity index (χ3v) is 4.30. The molecule has 0 heterocycles. The summed E-state index contributed by atoms with van der Waals surface area (Å²) >= 11 is 1.66. The van der Waals surface area contributed by atoms with Gasteiger partial charge in [0.2, 0.25) is 0 Å². The SMILES string of the molecule is COc1cc(CNCCO)c(Sc2ccccc2)c(OC)c1. The van der Waals surface area contributed by atoms with E-state index in [1.165, 1.54) is 0 Å². The Kier molecular flexibility index (Phi) is 6.58. The van der Waals surface area contributed by atoms with E-state index in [0.29, 0.717) is 13.1 Å². The summed E-state index contributed by atoms with van der Waals surface area (Å²) in [5.41, 5.74) is 1.08. The standard InChI is InChI=1S/C17H21NO3S/c1-20-14-10-13(12-18-8-9-19)17(16(11-14)21-2)22-15-6-4-3-5-7-15/h3-7,10-11,18-19H,8-9,12H2,1-2H3. The number of benzene rings is 2. The second kappa shape index (κ2) is 8.68. The summed E-state index contributed by atoms with van der Waals surface area (Å²) in [6, 6.07) is 14.1. The maximum Gasteiger partial charge on any atom is 0.136 e. The van der Waals surface area contributed by atoms with Crippen molar-refractivity contribution in [3.63, 3.8) is 0 Å². The molecule has 0 aliphatic heterocycles. The smallest absolute Gasteiger partial charge is 0.136 e. The van der Waals surface area contributed by atoms with Crippen molar-refractivity contribution in [3.8, 4) is 11.5 Å². The van der Waals surface area contributed by atoms with Crippen molar-refractivity contribution >= 4 is 11.8 Å². The molecule has 0 bridgehead atoms. The van der Waals surface area contributed by atoms with Crippen LogP contribution in [0.2, 0.25) is 0 Å². The molecule has 0 unspecified atom stereocenters. The summed E-state index contributed by atoms with van der Waals surface area (Å²) in [6.07, 6.45) is 0. The molecule has 0 saturated heterocycles. The summed E-state index contributed by atoms with van der Waals surface area (Å²) < 4.78 is 10.9. The van der Waals surface area contributed by atoms with Crippen LogP contribution in [0.15, 0.2) is 52.3 Å². The lowest BCUT2D eigenvalue weighted by molar-refractivity contribution is 0.291. The monoisotopic (exact) mass is 319 g/mol. The lowest BCUT2D eigenvalue weighted by Crippen LogP contribution is -2.18. The topological polar surface area (TPSA) is 50.7 Å². The average Bonchev–Trinajstić information content (AvgIpc) is 2.57. The fraction of sp³-hybridized carbons (Fsp3) is 0.294. The molecule has 0 aliphatic carbocycles. The Morgan fingerprint density at radius 2 is 1.86 bits per heavy atom. The molecule has 118 valence electrons. The second-order valence-electron chi connectivity index (χ2n) is 4.63. The molecule has 2 rings (SSSR count). The van der Waals surface area contributed by atoms with Crippen LogP contribution in [0, 0.1) is 0 Å². The van der Waals surface area contributed by atoms with Crippen LogP contribution in [0.1, 0.15) is 5.56 Å². The minimum absolute atomic E-state index is 0.113. The summed E-state index contributed by atoms with van der Waals surface area (Å²) in [5.74, 6) is 1.55. The average molecular weight is 319 g/mol. The number of rotatable bonds is 8. The van der Waals surface area contributed by atoms with Crippen molar-refractivity contribution in [1.82, 2.24) is 5.32 Å². The van der Waals surface area contributed by atoms with Gasteiger partial charge in [-0.2, -0.15) is 0 Å². The molecular formula is C17H21NO3S. The predicted octanol–water partition coefficient (Wildman–Crippen LogP) is 2.94. The number of aliphatic hydroxyl groups is 1. The largest absolute Gasteiger partial charge is 0.497 e. The number of nitrogens with one attached hydrogen (secondary N) is 1. The minimum Gasteiger partial charge on any atom is -0.497 e. The van der Waals surface area contributed by atoms with Gasteiger partial charge in [0.25, 0.3) is 0 Å². The van der Waals surface area contributed by atoms with Gasteiger partial charge in [0.15, 0.2) is 0 Å². The summed E-state index contributed by atoms with van der Waals surface area (Å²) in [7, 11) is 3.30. The molecule has 2 N–H and O–H groups in total. The van der Waals surface area contributed by atoms with Crippen LogP contribution >= 0.6 is 11.8 Å². The zero-order valence-corrected chi connectivity index (χ0v) is 13.7. The first kappa shape index (κ1) is 16.7. The van der Waals surface area contributed by atoms with E-state index in [2.05, 4.69) is 17.4 Å². The molecule has 0 spiro atoms. The molecule has 2 aromatic rings. The van der Waals surface area contributed by atoms with Crippen molar-refractivity contribution in [2.24, 2.45) is 0 Å². The van der Waals surface area contributed by atoms with E-state index in [1.807, 2.05) is 30.3 Å². The molecule has 0 fully saturated rings. The highest BCUT2D eigenvalue weighted by molar-refractivity contribution is 7.99. The number of methoxy groups -OCH3 is 2. The van der Waals surface area contributed by atoms with Crippen molar-refractivity contribution in [2.75, 3.05) is 27.4 Å². The normalized spacial score (nSPS) is 10.5. The van der Waals surface area contributed by atoms with Crippen molar-refractivity contribution in [3.05, 3.63) is 48.0 Å². The highest BCUT2D eigenvalue weighted by Gasteiger charge is 2.13. The Morgan fingerprint density at radius 1 is 1.09 bits per heavy atom. The molecule has 22 heavy (non-hydrogen) atoms. The molecule has 0 atom stereocenters.